The van der Waals surface area contributed by atoms with Crippen LogP contribution in [0, 0.1) is 11.8 Å². The van der Waals surface area contributed by atoms with Crippen molar-refractivity contribution >= 4 is 0 Å². The van der Waals surface area contributed by atoms with E-state index in [1.807, 2.05) is 0 Å². The fourth-order valence-electron chi connectivity index (χ4n) is 3.82. The number of nitrogens with zero attached hydrogens (tertiary/aromatic N) is 1. The molecule has 18 heavy (non-hydrogen) atoms. The van der Waals surface area contributed by atoms with Crippen molar-refractivity contribution in [2.24, 2.45) is 17.6 Å². The van der Waals surface area contributed by atoms with Gasteiger partial charge in [-0.1, -0.05) is 13.3 Å². The Bertz CT molecular complexity index is 271. The van der Waals surface area contributed by atoms with Gasteiger partial charge in [0.15, 0.2) is 0 Å². The summed E-state index contributed by atoms with van der Waals surface area (Å²) in [5, 5.41) is 9.49. The molecule has 4 atom stereocenters. The molecule has 3 heteroatoms. The Morgan fingerprint density at radius 1 is 1.28 bits per heavy atom. The molecule has 0 spiro atoms. The first-order valence-corrected chi connectivity index (χ1v) is 7.69. The summed E-state index contributed by atoms with van der Waals surface area (Å²) in [4.78, 5) is 2.63. The van der Waals surface area contributed by atoms with Crippen molar-refractivity contribution in [2.75, 3.05) is 19.7 Å². The number of hydrogen-bond donors (Lipinski definition) is 2. The molecule has 1 saturated carbocycles. The summed E-state index contributed by atoms with van der Waals surface area (Å²) < 4.78 is 0. The summed E-state index contributed by atoms with van der Waals surface area (Å²) in [5.74, 6) is 1.36. The van der Waals surface area contributed by atoms with Crippen LogP contribution >= 0.6 is 0 Å². The average molecular weight is 254 g/mol. The first-order chi connectivity index (χ1) is 8.55. The second kappa shape index (κ2) is 5.89. The Labute approximate surface area is 112 Å². The van der Waals surface area contributed by atoms with Crippen molar-refractivity contribution in [3.8, 4) is 0 Å². The van der Waals surface area contributed by atoms with Crippen LogP contribution in [0.4, 0.5) is 0 Å². The monoisotopic (exact) mass is 254 g/mol. The molecule has 0 radical (unpaired) electrons. The van der Waals surface area contributed by atoms with Gasteiger partial charge in [-0.05, 0) is 57.4 Å². The second-order valence-electron chi connectivity index (χ2n) is 6.80. The van der Waals surface area contributed by atoms with E-state index in [0.717, 1.165) is 31.3 Å². The molecule has 2 rings (SSSR count). The number of piperidine rings is 1. The zero-order valence-corrected chi connectivity index (χ0v) is 12.1. The van der Waals surface area contributed by atoms with Gasteiger partial charge < -0.3 is 15.7 Å². The fourth-order valence-corrected chi connectivity index (χ4v) is 3.82. The van der Waals surface area contributed by atoms with Crippen LogP contribution in [0.2, 0.25) is 0 Å². The Hall–Kier alpha value is -0.120. The minimum Gasteiger partial charge on any atom is -0.394 e. The average Bonchev–Trinajstić information content (AvgIpc) is 2.73. The molecule has 4 unspecified atom stereocenters. The summed E-state index contributed by atoms with van der Waals surface area (Å²) >= 11 is 0. The van der Waals surface area contributed by atoms with Gasteiger partial charge in [-0.2, -0.15) is 0 Å². The number of aliphatic hydroxyl groups excluding tert-OH is 1. The molecule has 2 aliphatic rings. The first kappa shape index (κ1) is 14.3. The summed E-state index contributed by atoms with van der Waals surface area (Å²) in [7, 11) is 0. The topological polar surface area (TPSA) is 49.5 Å². The molecule has 0 amide bonds. The minimum atomic E-state index is -0.287. The quantitative estimate of drug-likeness (QED) is 0.806. The molecule has 3 N–H and O–H groups in total. The molecule has 0 aromatic rings. The van der Waals surface area contributed by atoms with Crippen molar-refractivity contribution < 1.29 is 5.11 Å². The molecule has 0 aromatic heterocycles. The largest absolute Gasteiger partial charge is 0.394 e. The molecular weight excluding hydrogens is 224 g/mol. The molecule has 1 saturated heterocycles. The SMILES string of the molecule is CC1CCC(C)N(CCC2CCCC2(N)CO)C1. The lowest BCUT2D eigenvalue weighted by molar-refractivity contribution is 0.0999. The molecule has 1 heterocycles. The molecule has 2 fully saturated rings. The van der Waals surface area contributed by atoms with Crippen molar-refractivity contribution in [3.63, 3.8) is 0 Å². The van der Waals surface area contributed by atoms with Gasteiger partial charge in [0.1, 0.15) is 0 Å². The minimum absolute atomic E-state index is 0.156. The van der Waals surface area contributed by atoms with Crippen LogP contribution in [-0.4, -0.2) is 41.3 Å². The summed E-state index contributed by atoms with van der Waals surface area (Å²) in [6.45, 7) is 7.26. The van der Waals surface area contributed by atoms with E-state index in [-0.39, 0.29) is 12.1 Å². The number of nitrogens with two attached hydrogens (primary N) is 1. The maximum atomic E-state index is 9.49. The molecule has 1 aliphatic heterocycles. The van der Waals surface area contributed by atoms with E-state index in [0.29, 0.717) is 5.92 Å². The van der Waals surface area contributed by atoms with Gasteiger partial charge in [-0.3, -0.25) is 0 Å². The number of rotatable bonds is 4. The molecule has 0 aromatic carbocycles. The van der Waals surface area contributed by atoms with Gasteiger partial charge in [-0.25, -0.2) is 0 Å². The van der Waals surface area contributed by atoms with Crippen molar-refractivity contribution in [3.05, 3.63) is 0 Å². The van der Waals surface area contributed by atoms with Gasteiger partial charge >= 0.3 is 0 Å². The van der Waals surface area contributed by atoms with Crippen LogP contribution in [0.15, 0.2) is 0 Å². The van der Waals surface area contributed by atoms with Gasteiger partial charge in [-0.15, -0.1) is 0 Å². The Balaban J connectivity index is 1.83. The van der Waals surface area contributed by atoms with E-state index in [1.54, 1.807) is 0 Å². The second-order valence-corrected chi connectivity index (χ2v) is 6.80. The van der Waals surface area contributed by atoms with Crippen LogP contribution in [0.25, 0.3) is 0 Å². The van der Waals surface area contributed by atoms with E-state index < -0.39 is 0 Å². The maximum absolute atomic E-state index is 9.49. The molecule has 106 valence electrons. The summed E-state index contributed by atoms with van der Waals surface area (Å²) in [5.41, 5.74) is 6.02. The zero-order valence-electron chi connectivity index (χ0n) is 12.1. The lowest BCUT2D eigenvalue weighted by Gasteiger charge is -2.38. The van der Waals surface area contributed by atoms with E-state index in [2.05, 4.69) is 18.7 Å². The van der Waals surface area contributed by atoms with Gasteiger partial charge in [0.25, 0.3) is 0 Å². The zero-order chi connectivity index (χ0) is 13.2. The molecule has 0 bridgehead atoms. The van der Waals surface area contributed by atoms with Crippen molar-refractivity contribution in [2.45, 2.75) is 64.0 Å². The van der Waals surface area contributed by atoms with Gasteiger partial charge in [0.2, 0.25) is 0 Å². The number of likely N-dealkylation sites (tertiary alicyclic amines) is 1. The Morgan fingerprint density at radius 2 is 2.06 bits per heavy atom. The third kappa shape index (κ3) is 3.06. The Kier molecular flexibility index (Phi) is 4.68. The molecular formula is C15H30N2O. The lowest BCUT2D eigenvalue weighted by Crippen LogP contribution is -2.49. The van der Waals surface area contributed by atoms with Crippen LogP contribution < -0.4 is 5.73 Å². The maximum Gasteiger partial charge on any atom is 0.0613 e. The highest BCUT2D eigenvalue weighted by Crippen LogP contribution is 2.36. The van der Waals surface area contributed by atoms with Crippen LogP contribution in [-0.2, 0) is 0 Å². The fraction of sp³-hybridized carbons (Fsp3) is 1.00. The van der Waals surface area contributed by atoms with Crippen LogP contribution in [0.5, 0.6) is 0 Å². The third-order valence-electron chi connectivity index (χ3n) is 5.31. The van der Waals surface area contributed by atoms with Gasteiger partial charge in [0, 0.05) is 18.1 Å². The van der Waals surface area contributed by atoms with E-state index in [4.69, 9.17) is 5.73 Å². The molecule has 1 aliphatic carbocycles. The van der Waals surface area contributed by atoms with Crippen molar-refractivity contribution in [1.82, 2.24) is 4.90 Å². The van der Waals surface area contributed by atoms with Crippen LogP contribution in [0.1, 0.15) is 52.4 Å². The van der Waals surface area contributed by atoms with Crippen molar-refractivity contribution in [1.29, 1.82) is 0 Å². The third-order valence-corrected chi connectivity index (χ3v) is 5.31. The lowest BCUT2D eigenvalue weighted by atomic mass is 9.85. The number of hydrogen-bond acceptors (Lipinski definition) is 3. The predicted octanol–water partition coefficient (Wildman–Crippen LogP) is 1.99. The standard InChI is InChI=1S/C15H30N2O/c1-12-5-6-13(2)17(10-12)9-7-14-4-3-8-15(14,16)11-18/h12-14,18H,3-11,16H2,1-2H3. The molecule has 3 nitrogen and oxygen atoms in total. The smallest absolute Gasteiger partial charge is 0.0613 e. The highest BCUT2D eigenvalue weighted by atomic mass is 16.3. The normalized spacial score (nSPS) is 42.3. The van der Waals surface area contributed by atoms with Gasteiger partial charge in [0.05, 0.1) is 6.61 Å². The summed E-state index contributed by atoms with van der Waals surface area (Å²) in [6.07, 6.45) is 7.26. The summed E-state index contributed by atoms with van der Waals surface area (Å²) in [6, 6.07) is 0.726. The first-order valence-electron chi connectivity index (χ1n) is 7.69. The van der Waals surface area contributed by atoms with E-state index in [1.165, 1.54) is 32.2 Å². The predicted molar refractivity (Wildman–Crippen MR) is 75.4 cm³/mol. The highest BCUT2D eigenvalue weighted by Gasteiger charge is 2.39. The van der Waals surface area contributed by atoms with E-state index >= 15 is 0 Å². The van der Waals surface area contributed by atoms with E-state index in [9.17, 15) is 5.11 Å². The Morgan fingerprint density at radius 3 is 2.78 bits per heavy atom. The van der Waals surface area contributed by atoms with Crippen LogP contribution in [0.3, 0.4) is 0 Å². The number of aliphatic hydroxyl groups is 1. The highest BCUT2D eigenvalue weighted by molar-refractivity contribution is 4.96.